The fourth-order valence-corrected chi connectivity index (χ4v) is 7.59. The molecular weight excluding hydrogens is 350 g/mol. The third-order valence-electron chi connectivity index (χ3n) is 3.14. The van der Waals surface area contributed by atoms with Crippen molar-refractivity contribution in [1.82, 2.24) is 0 Å². The van der Waals surface area contributed by atoms with Crippen LogP contribution >= 0.6 is 7.92 Å². The van der Waals surface area contributed by atoms with Crippen molar-refractivity contribution in [2.75, 3.05) is 5.49 Å². The van der Waals surface area contributed by atoms with Crippen molar-refractivity contribution in [1.29, 1.82) is 0 Å². The van der Waals surface area contributed by atoms with Gasteiger partial charge in [0.2, 0.25) is 0 Å². The van der Waals surface area contributed by atoms with E-state index < -0.39 is 7.92 Å². The largest absolute Gasteiger partial charge is 1.00 e. The van der Waals surface area contributed by atoms with Crippen LogP contribution in [0.25, 0.3) is 4.72 Å². The summed E-state index contributed by atoms with van der Waals surface area (Å²) in [6.45, 7) is 13.0. The van der Waals surface area contributed by atoms with Gasteiger partial charge in [-0.2, -0.15) is 0 Å². The van der Waals surface area contributed by atoms with E-state index in [4.69, 9.17) is 9.08 Å². The molecule has 0 aliphatic carbocycles. The molecule has 136 valence electrons. The quantitative estimate of drug-likeness (QED) is 0.563. The summed E-state index contributed by atoms with van der Waals surface area (Å²) in [6, 6.07) is 21.7. The van der Waals surface area contributed by atoms with Crippen LogP contribution in [0.4, 0.5) is 0 Å². The minimum Gasteiger partial charge on any atom is -0.589 e. The predicted molar refractivity (Wildman–Crippen MR) is 117 cm³/mol. The van der Waals surface area contributed by atoms with Gasteiger partial charge in [0.05, 0.1) is 5.54 Å². The monoisotopic (exact) mass is 380 g/mol. The molecule has 0 fully saturated rings. The molecule has 0 unspecified atom stereocenters. The van der Waals surface area contributed by atoms with Crippen molar-refractivity contribution in [3.63, 3.8) is 0 Å². The van der Waals surface area contributed by atoms with Gasteiger partial charge in [0.15, 0.2) is 0 Å². The summed E-state index contributed by atoms with van der Waals surface area (Å²) in [5, 5.41) is 2.80. The Morgan fingerprint density at radius 1 is 0.808 bits per heavy atom. The Hall–Kier alpha value is -0.423. The molecular formula is C21H30LiN2PS. The number of hydrogen-bond donors (Lipinski definition) is 0. The van der Waals surface area contributed by atoms with Crippen LogP contribution in [-0.4, -0.2) is 16.6 Å². The molecule has 0 aliphatic heterocycles. The van der Waals surface area contributed by atoms with Crippen molar-refractivity contribution in [2.24, 2.45) is 4.36 Å². The van der Waals surface area contributed by atoms with Gasteiger partial charge in [0.1, 0.15) is 0 Å². The molecule has 0 bridgehead atoms. The summed E-state index contributed by atoms with van der Waals surface area (Å²) in [6.07, 6.45) is 0. The zero-order valence-corrected chi connectivity index (χ0v) is 18.9. The topological polar surface area (TPSA) is 26.5 Å². The van der Waals surface area contributed by atoms with Gasteiger partial charge in [-0.15, -0.1) is 5.54 Å². The molecule has 2 rings (SSSR count). The first-order valence-electron chi connectivity index (χ1n) is 8.69. The summed E-state index contributed by atoms with van der Waals surface area (Å²) in [5.41, 5.74) is 0.830. The summed E-state index contributed by atoms with van der Waals surface area (Å²) in [5.74, 6) is 0. The minimum absolute atomic E-state index is 0. The van der Waals surface area contributed by atoms with Crippen molar-refractivity contribution < 1.29 is 18.9 Å². The molecule has 0 aliphatic rings. The standard InChI is InChI=1S/C21H30N2PS.Li/c1-20(2,3)22-25(23-21(4,5)6)17-24(18-13-9-7-10-14-18)19-15-11-8-12-16-19;/h7-16H,17H2,1-6H3;/q-1;+1. The van der Waals surface area contributed by atoms with Crippen LogP contribution < -0.4 is 29.5 Å². The van der Waals surface area contributed by atoms with Gasteiger partial charge in [-0.1, -0.05) is 81.4 Å². The molecule has 0 aromatic heterocycles. The molecule has 0 saturated heterocycles. The molecule has 0 heterocycles. The Kier molecular flexibility index (Phi) is 9.28. The third-order valence-corrected chi connectivity index (χ3v) is 8.46. The van der Waals surface area contributed by atoms with Crippen LogP contribution in [-0.2, 0) is 10.9 Å². The molecule has 2 nitrogen and oxygen atoms in total. The molecule has 2 aromatic carbocycles. The van der Waals surface area contributed by atoms with Crippen LogP contribution in [0.3, 0.4) is 0 Å². The molecule has 0 amide bonds. The smallest absolute Gasteiger partial charge is 0.589 e. The van der Waals surface area contributed by atoms with Crippen LogP contribution in [0.2, 0.25) is 0 Å². The van der Waals surface area contributed by atoms with Gasteiger partial charge in [-0.3, -0.25) is 4.36 Å². The predicted octanol–water partition coefficient (Wildman–Crippen LogP) is 2.77. The Balaban J connectivity index is 0.00000338. The molecule has 0 saturated carbocycles. The van der Waals surface area contributed by atoms with E-state index in [1.165, 1.54) is 10.6 Å². The Morgan fingerprint density at radius 2 is 1.23 bits per heavy atom. The van der Waals surface area contributed by atoms with Crippen molar-refractivity contribution in [3.05, 3.63) is 65.4 Å². The van der Waals surface area contributed by atoms with E-state index >= 15 is 0 Å². The first kappa shape index (κ1) is 23.6. The molecule has 0 N–H and O–H groups in total. The molecule has 26 heavy (non-hydrogen) atoms. The second kappa shape index (κ2) is 10.2. The van der Waals surface area contributed by atoms with E-state index in [2.05, 4.69) is 102 Å². The zero-order chi connectivity index (χ0) is 18.5. The summed E-state index contributed by atoms with van der Waals surface area (Å²) >= 11 is 0. The molecule has 1 atom stereocenters. The van der Waals surface area contributed by atoms with E-state index in [0.717, 1.165) is 5.49 Å². The van der Waals surface area contributed by atoms with Gasteiger partial charge in [-0.25, -0.2) is 10.9 Å². The summed E-state index contributed by atoms with van der Waals surface area (Å²) in [4.78, 5) is 0. The van der Waals surface area contributed by atoms with Crippen LogP contribution in [0.15, 0.2) is 65.0 Å². The van der Waals surface area contributed by atoms with Crippen molar-refractivity contribution in [2.45, 2.75) is 52.6 Å². The first-order valence-corrected chi connectivity index (χ1v) is 11.5. The first-order chi connectivity index (χ1) is 11.6. The fourth-order valence-electron chi connectivity index (χ4n) is 2.34. The normalized spacial score (nSPS) is 13.5. The maximum Gasteiger partial charge on any atom is 1.00 e. The van der Waals surface area contributed by atoms with Crippen LogP contribution in [0.1, 0.15) is 41.5 Å². The average molecular weight is 380 g/mol. The Labute approximate surface area is 175 Å². The Morgan fingerprint density at radius 3 is 1.58 bits per heavy atom. The van der Waals surface area contributed by atoms with Gasteiger partial charge in [-0.05, 0) is 39.3 Å². The second-order valence-electron chi connectivity index (χ2n) is 8.09. The maximum absolute atomic E-state index is 5.06. The van der Waals surface area contributed by atoms with Crippen LogP contribution in [0.5, 0.6) is 0 Å². The van der Waals surface area contributed by atoms with Crippen molar-refractivity contribution >= 4 is 29.4 Å². The van der Waals surface area contributed by atoms with Gasteiger partial charge in [0.25, 0.3) is 0 Å². The van der Waals surface area contributed by atoms with E-state index in [1.54, 1.807) is 0 Å². The molecule has 2 aromatic rings. The molecule has 0 radical (unpaired) electrons. The summed E-state index contributed by atoms with van der Waals surface area (Å²) < 4.78 is 10.1. The number of benzene rings is 2. The van der Waals surface area contributed by atoms with E-state index in [1.807, 2.05) is 0 Å². The number of rotatable bonds is 5. The van der Waals surface area contributed by atoms with Gasteiger partial charge in [0, 0.05) is 5.49 Å². The van der Waals surface area contributed by atoms with E-state index in [0.29, 0.717) is 0 Å². The SMILES string of the molecule is CC(C)(C)N=[S@@](CP(c1ccccc1)c1ccccc1)[N-]C(C)(C)C.[Li+]. The second-order valence-corrected chi connectivity index (χ2v) is 12.1. The van der Waals surface area contributed by atoms with E-state index in [-0.39, 0.29) is 40.8 Å². The zero-order valence-electron chi connectivity index (χ0n) is 17.2. The number of nitrogens with zero attached hydrogens (tertiary/aromatic N) is 2. The minimum atomic E-state index is -0.471. The van der Waals surface area contributed by atoms with Gasteiger partial charge < -0.3 is 4.72 Å². The van der Waals surface area contributed by atoms with Gasteiger partial charge >= 0.3 is 18.9 Å². The summed E-state index contributed by atoms with van der Waals surface area (Å²) in [7, 11) is -0.787. The maximum atomic E-state index is 5.06. The number of hydrogen-bond acceptors (Lipinski definition) is 1. The molecule has 5 heteroatoms. The third kappa shape index (κ3) is 8.51. The van der Waals surface area contributed by atoms with E-state index in [9.17, 15) is 0 Å². The van der Waals surface area contributed by atoms with Crippen molar-refractivity contribution in [3.8, 4) is 0 Å². The molecule has 0 spiro atoms. The van der Waals surface area contributed by atoms with Crippen LogP contribution in [0, 0.1) is 0 Å². The fraction of sp³-hybridized carbons (Fsp3) is 0.429. The average Bonchev–Trinajstić information content (AvgIpc) is 2.51. The Bertz CT molecular complexity index is 652.